The Morgan fingerprint density at radius 1 is 1.53 bits per heavy atom. The summed E-state index contributed by atoms with van der Waals surface area (Å²) in [6, 6.07) is 1.92. The van der Waals surface area contributed by atoms with Gasteiger partial charge in [-0.15, -0.1) is 0 Å². The van der Waals surface area contributed by atoms with Gasteiger partial charge in [0, 0.05) is 17.7 Å². The zero-order valence-corrected chi connectivity index (χ0v) is 9.96. The maximum Gasteiger partial charge on any atom is 0.356 e. The highest BCUT2D eigenvalue weighted by atomic mass is 16.5. The number of carboxylic acid groups (broad SMARTS) is 1. The van der Waals surface area contributed by atoms with Crippen molar-refractivity contribution in [3.63, 3.8) is 0 Å². The molecule has 92 valence electrons. The third-order valence-electron chi connectivity index (χ3n) is 3.77. The molecule has 0 amide bonds. The Morgan fingerprint density at radius 3 is 2.71 bits per heavy atom. The first-order valence-electron chi connectivity index (χ1n) is 6.00. The predicted octanol–water partition coefficient (Wildman–Crippen LogP) is 1.52. The lowest BCUT2D eigenvalue weighted by molar-refractivity contribution is 0.0689. The second-order valence-corrected chi connectivity index (χ2v) is 5.19. The van der Waals surface area contributed by atoms with E-state index < -0.39 is 5.97 Å². The van der Waals surface area contributed by atoms with Crippen LogP contribution in [0.15, 0.2) is 6.07 Å². The molecule has 1 saturated carbocycles. The first kappa shape index (κ1) is 10.8. The van der Waals surface area contributed by atoms with E-state index in [0.29, 0.717) is 17.8 Å². The van der Waals surface area contributed by atoms with Gasteiger partial charge in [0.1, 0.15) is 0 Å². The molecule has 3 rings (SSSR count). The molecule has 5 nitrogen and oxygen atoms in total. The van der Waals surface area contributed by atoms with Crippen LogP contribution in [0.25, 0.3) is 0 Å². The Labute approximate surface area is 99.4 Å². The Kier molecular flexibility index (Phi) is 2.26. The minimum atomic E-state index is -0.951. The topological polar surface area (TPSA) is 64.4 Å². The smallest absolute Gasteiger partial charge is 0.356 e. The Morgan fingerprint density at radius 2 is 2.18 bits per heavy atom. The zero-order valence-electron chi connectivity index (χ0n) is 9.96. The number of ether oxygens (including phenoxy) is 1. The first-order chi connectivity index (χ1) is 8.09. The van der Waals surface area contributed by atoms with E-state index in [0.717, 1.165) is 18.9 Å². The lowest BCUT2D eigenvalue weighted by Gasteiger charge is -2.11. The Hall–Kier alpha value is -1.36. The summed E-state index contributed by atoms with van der Waals surface area (Å²) in [5.74, 6) is 0.649. The van der Waals surface area contributed by atoms with Crippen LogP contribution in [0.1, 0.15) is 42.0 Å². The van der Waals surface area contributed by atoms with Gasteiger partial charge in [0.15, 0.2) is 5.69 Å². The number of hydrogen-bond acceptors (Lipinski definition) is 3. The lowest BCUT2D eigenvalue weighted by Crippen LogP contribution is -2.10. The van der Waals surface area contributed by atoms with Crippen molar-refractivity contribution in [1.82, 2.24) is 9.78 Å². The molecule has 1 aliphatic heterocycles. The molecule has 3 atom stereocenters. The molecule has 1 unspecified atom stereocenters. The monoisotopic (exact) mass is 236 g/mol. The van der Waals surface area contributed by atoms with Crippen molar-refractivity contribution in [2.24, 2.45) is 11.8 Å². The molecule has 0 bridgehead atoms. The summed E-state index contributed by atoms with van der Waals surface area (Å²) in [7, 11) is 0. The Balaban J connectivity index is 1.95. The average molecular weight is 236 g/mol. The van der Waals surface area contributed by atoms with Crippen LogP contribution in [-0.2, 0) is 4.74 Å². The summed E-state index contributed by atoms with van der Waals surface area (Å²) in [5.41, 5.74) is 1.22. The van der Waals surface area contributed by atoms with Crippen LogP contribution in [0.3, 0.4) is 0 Å². The van der Waals surface area contributed by atoms with Crippen LogP contribution in [-0.4, -0.2) is 34.1 Å². The fourth-order valence-electron chi connectivity index (χ4n) is 2.85. The van der Waals surface area contributed by atoms with Crippen LogP contribution in [0.2, 0.25) is 0 Å². The fourth-order valence-corrected chi connectivity index (χ4v) is 2.85. The number of aromatic nitrogens is 2. The van der Waals surface area contributed by atoms with E-state index in [1.165, 1.54) is 0 Å². The number of rotatable bonds is 3. The van der Waals surface area contributed by atoms with Gasteiger partial charge in [-0.2, -0.15) is 5.10 Å². The van der Waals surface area contributed by atoms with E-state index in [4.69, 9.17) is 9.84 Å². The number of aromatic carboxylic acids is 1. The molecule has 0 aromatic carbocycles. The molecular weight excluding hydrogens is 220 g/mol. The second-order valence-electron chi connectivity index (χ2n) is 5.19. The molecule has 2 heterocycles. The van der Waals surface area contributed by atoms with Gasteiger partial charge in [-0.05, 0) is 31.7 Å². The first-order valence-corrected chi connectivity index (χ1v) is 6.00. The summed E-state index contributed by atoms with van der Waals surface area (Å²) in [6.45, 7) is 5.66. The van der Waals surface area contributed by atoms with Gasteiger partial charge in [0.25, 0.3) is 0 Å². The molecule has 1 N–H and O–H groups in total. The second kappa shape index (κ2) is 3.57. The van der Waals surface area contributed by atoms with Crippen LogP contribution in [0, 0.1) is 11.8 Å². The van der Waals surface area contributed by atoms with Crippen molar-refractivity contribution in [3.8, 4) is 0 Å². The van der Waals surface area contributed by atoms with Crippen molar-refractivity contribution in [2.75, 3.05) is 13.2 Å². The third-order valence-corrected chi connectivity index (χ3v) is 3.77. The van der Waals surface area contributed by atoms with Gasteiger partial charge in [-0.3, -0.25) is 4.68 Å². The highest BCUT2D eigenvalue weighted by molar-refractivity contribution is 5.85. The fraction of sp³-hybridized carbons (Fsp3) is 0.667. The maximum absolute atomic E-state index is 11.0. The van der Waals surface area contributed by atoms with Crippen molar-refractivity contribution >= 4 is 5.97 Å². The van der Waals surface area contributed by atoms with Crippen molar-refractivity contribution in [1.29, 1.82) is 0 Å². The molecule has 1 aromatic heterocycles. The average Bonchev–Trinajstić information content (AvgIpc) is 2.73. The molecule has 0 spiro atoms. The van der Waals surface area contributed by atoms with E-state index in [2.05, 4.69) is 5.10 Å². The molecule has 1 aliphatic carbocycles. The molecule has 2 aliphatic rings. The SMILES string of the molecule is CC(C)n1nc(C(=O)O)cc1C1[C@H]2COC[C@@H]12. The summed E-state index contributed by atoms with van der Waals surface area (Å²) in [6.07, 6.45) is 0. The van der Waals surface area contributed by atoms with Crippen molar-refractivity contribution in [3.05, 3.63) is 17.5 Å². The summed E-state index contributed by atoms with van der Waals surface area (Å²) < 4.78 is 7.22. The predicted molar refractivity (Wildman–Crippen MR) is 60.1 cm³/mol. The summed E-state index contributed by atoms with van der Waals surface area (Å²) >= 11 is 0. The number of fused-ring (bicyclic) bond motifs is 1. The third kappa shape index (κ3) is 1.57. The summed E-state index contributed by atoms with van der Waals surface area (Å²) in [4.78, 5) is 11.0. The Bertz CT molecular complexity index is 456. The normalized spacial score (nSPS) is 30.6. The van der Waals surface area contributed by atoms with Gasteiger partial charge in [-0.1, -0.05) is 0 Å². The molecular formula is C12H16N2O3. The van der Waals surface area contributed by atoms with Crippen molar-refractivity contribution in [2.45, 2.75) is 25.8 Å². The molecule has 17 heavy (non-hydrogen) atoms. The van der Waals surface area contributed by atoms with Crippen LogP contribution >= 0.6 is 0 Å². The van der Waals surface area contributed by atoms with Crippen molar-refractivity contribution < 1.29 is 14.6 Å². The number of hydrogen-bond donors (Lipinski definition) is 1. The lowest BCUT2D eigenvalue weighted by atomic mass is 10.2. The van der Waals surface area contributed by atoms with E-state index in [-0.39, 0.29) is 11.7 Å². The van der Waals surface area contributed by atoms with Gasteiger partial charge >= 0.3 is 5.97 Å². The summed E-state index contributed by atoms with van der Waals surface area (Å²) in [5, 5.41) is 13.2. The molecule has 0 radical (unpaired) electrons. The van der Waals surface area contributed by atoms with Crippen LogP contribution < -0.4 is 0 Å². The van der Waals surface area contributed by atoms with Gasteiger partial charge < -0.3 is 9.84 Å². The maximum atomic E-state index is 11.0. The zero-order chi connectivity index (χ0) is 12.2. The number of carboxylic acids is 1. The largest absolute Gasteiger partial charge is 0.476 e. The van der Waals surface area contributed by atoms with E-state index >= 15 is 0 Å². The molecule has 5 heteroatoms. The van der Waals surface area contributed by atoms with E-state index in [1.807, 2.05) is 18.5 Å². The van der Waals surface area contributed by atoms with Crippen LogP contribution in [0.5, 0.6) is 0 Å². The van der Waals surface area contributed by atoms with Gasteiger partial charge in [-0.25, -0.2) is 4.79 Å². The minimum absolute atomic E-state index is 0.152. The van der Waals surface area contributed by atoms with Crippen LogP contribution in [0.4, 0.5) is 0 Å². The number of carbonyl (C=O) groups is 1. The molecule has 1 aromatic rings. The highest BCUT2D eigenvalue weighted by Crippen LogP contribution is 2.57. The highest BCUT2D eigenvalue weighted by Gasteiger charge is 2.56. The van der Waals surface area contributed by atoms with Gasteiger partial charge in [0.2, 0.25) is 0 Å². The van der Waals surface area contributed by atoms with E-state index in [9.17, 15) is 4.79 Å². The number of nitrogens with zero attached hydrogens (tertiary/aromatic N) is 2. The van der Waals surface area contributed by atoms with Gasteiger partial charge in [0.05, 0.1) is 13.2 Å². The quantitative estimate of drug-likeness (QED) is 0.864. The minimum Gasteiger partial charge on any atom is -0.476 e. The van der Waals surface area contributed by atoms with E-state index in [1.54, 1.807) is 6.07 Å². The standard InChI is InChI=1S/C12H16N2O3/c1-6(2)14-10(3-9(13-14)12(15)16)11-7-4-17-5-8(7)11/h3,6-8,11H,4-5H2,1-2H3,(H,15,16)/t7-,8+,11?. The molecule has 2 fully saturated rings. The molecule has 1 saturated heterocycles.